The van der Waals surface area contributed by atoms with Crippen LogP contribution in [-0.2, 0) is 4.79 Å². The highest BCUT2D eigenvalue weighted by Gasteiger charge is 2.17. The number of carboxylic acids is 1. The zero-order chi connectivity index (χ0) is 15.9. The molecule has 1 aromatic heterocycles. The van der Waals surface area contributed by atoms with E-state index in [0.717, 1.165) is 17.5 Å². The van der Waals surface area contributed by atoms with Crippen LogP contribution in [0.5, 0.6) is 0 Å². The average Bonchev–Trinajstić information content (AvgIpc) is 3.05. The molecule has 0 fully saturated rings. The van der Waals surface area contributed by atoms with E-state index in [1.807, 2.05) is 19.1 Å². The molecule has 0 aliphatic rings. The number of rotatable bonds is 7. The molecule has 2 aromatic rings. The molecule has 1 aromatic carbocycles. The molecule has 116 valence electrons. The molecule has 1 atom stereocenters. The Hall–Kier alpha value is -2.56. The first kappa shape index (κ1) is 15.8. The molecular formula is C17H19NO4. The summed E-state index contributed by atoms with van der Waals surface area (Å²) in [5, 5.41) is 11.8. The minimum Gasteiger partial charge on any atom is -0.481 e. The minimum atomic E-state index is -0.880. The third-order valence-corrected chi connectivity index (χ3v) is 3.47. The maximum Gasteiger partial charge on any atom is 0.308 e. The summed E-state index contributed by atoms with van der Waals surface area (Å²) in [6.45, 7) is 2.06. The van der Waals surface area contributed by atoms with E-state index in [2.05, 4.69) is 5.32 Å². The lowest BCUT2D eigenvalue weighted by Crippen LogP contribution is -2.32. The van der Waals surface area contributed by atoms with Crippen molar-refractivity contribution in [3.05, 3.63) is 48.4 Å². The van der Waals surface area contributed by atoms with Crippen molar-refractivity contribution in [2.24, 2.45) is 5.92 Å². The summed E-state index contributed by atoms with van der Waals surface area (Å²) in [6.07, 6.45) is 4.50. The zero-order valence-electron chi connectivity index (χ0n) is 12.4. The lowest BCUT2D eigenvalue weighted by Gasteiger charge is -2.12. The van der Waals surface area contributed by atoms with Crippen LogP contribution in [0, 0.1) is 5.92 Å². The minimum absolute atomic E-state index is 0.137. The van der Waals surface area contributed by atoms with E-state index < -0.39 is 11.9 Å². The first-order valence-corrected chi connectivity index (χ1v) is 7.25. The third kappa shape index (κ3) is 3.97. The van der Waals surface area contributed by atoms with Crippen molar-refractivity contribution in [1.82, 2.24) is 5.32 Å². The SMILES string of the molecule is CCCC(CNC(=O)c1cccc(-c2ccoc2)c1)C(=O)O. The Balaban J connectivity index is 2.04. The van der Waals surface area contributed by atoms with Gasteiger partial charge in [0.1, 0.15) is 0 Å². The van der Waals surface area contributed by atoms with E-state index in [4.69, 9.17) is 9.52 Å². The Kier molecular flexibility index (Phi) is 5.36. The van der Waals surface area contributed by atoms with E-state index in [1.165, 1.54) is 0 Å². The van der Waals surface area contributed by atoms with Crippen molar-refractivity contribution in [2.45, 2.75) is 19.8 Å². The Bertz CT molecular complexity index is 634. The van der Waals surface area contributed by atoms with Gasteiger partial charge < -0.3 is 14.8 Å². The molecule has 0 aliphatic heterocycles. The number of amides is 1. The van der Waals surface area contributed by atoms with Crippen LogP contribution in [0.4, 0.5) is 0 Å². The summed E-state index contributed by atoms with van der Waals surface area (Å²) in [4.78, 5) is 23.3. The van der Waals surface area contributed by atoms with Crippen LogP contribution in [0.3, 0.4) is 0 Å². The molecule has 1 heterocycles. The second-order valence-electron chi connectivity index (χ2n) is 5.13. The molecule has 0 aliphatic carbocycles. The van der Waals surface area contributed by atoms with Gasteiger partial charge in [0.15, 0.2) is 0 Å². The summed E-state index contributed by atoms with van der Waals surface area (Å²) in [6, 6.07) is 8.96. The van der Waals surface area contributed by atoms with E-state index in [-0.39, 0.29) is 12.5 Å². The van der Waals surface area contributed by atoms with Crippen LogP contribution in [-0.4, -0.2) is 23.5 Å². The maximum absolute atomic E-state index is 12.2. The quantitative estimate of drug-likeness (QED) is 0.823. The number of carboxylic acid groups (broad SMARTS) is 1. The van der Waals surface area contributed by atoms with Crippen molar-refractivity contribution in [2.75, 3.05) is 6.54 Å². The second-order valence-corrected chi connectivity index (χ2v) is 5.13. The van der Waals surface area contributed by atoms with Crippen molar-refractivity contribution in [3.63, 3.8) is 0 Å². The number of carbonyl (C=O) groups excluding carboxylic acids is 1. The van der Waals surface area contributed by atoms with Gasteiger partial charge in [0, 0.05) is 17.7 Å². The van der Waals surface area contributed by atoms with Gasteiger partial charge in [-0.15, -0.1) is 0 Å². The Morgan fingerprint density at radius 2 is 2.09 bits per heavy atom. The molecule has 1 unspecified atom stereocenters. The Morgan fingerprint density at radius 3 is 2.73 bits per heavy atom. The largest absolute Gasteiger partial charge is 0.481 e. The van der Waals surface area contributed by atoms with Gasteiger partial charge in [0.05, 0.1) is 18.4 Å². The molecule has 5 heteroatoms. The maximum atomic E-state index is 12.2. The molecule has 0 bridgehead atoms. The monoisotopic (exact) mass is 301 g/mol. The highest BCUT2D eigenvalue weighted by Crippen LogP contribution is 2.20. The number of benzene rings is 1. The number of carbonyl (C=O) groups is 2. The van der Waals surface area contributed by atoms with Gasteiger partial charge in [-0.05, 0) is 30.2 Å². The van der Waals surface area contributed by atoms with Crippen molar-refractivity contribution >= 4 is 11.9 Å². The van der Waals surface area contributed by atoms with E-state index >= 15 is 0 Å². The number of nitrogens with one attached hydrogen (secondary N) is 1. The molecule has 2 N–H and O–H groups in total. The normalized spacial score (nSPS) is 11.9. The van der Waals surface area contributed by atoms with E-state index in [1.54, 1.807) is 30.7 Å². The second kappa shape index (κ2) is 7.45. The third-order valence-electron chi connectivity index (χ3n) is 3.47. The standard InChI is InChI=1S/C17H19NO4/c1-2-4-14(17(20)21)10-18-16(19)13-6-3-5-12(9-13)15-7-8-22-11-15/h3,5-9,11,14H,2,4,10H2,1H3,(H,18,19)(H,20,21). The van der Waals surface area contributed by atoms with Crippen LogP contribution < -0.4 is 5.32 Å². The highest BCUT2D eigenvalue weighted by molar-refractivity contribution is 5.95. The summed E-state index contributed by atoms with van der Waals surface area (Å²) >= 11 is 0. The summed E-state index contributed by atoms with van der Waals surface area (Å²) < 4.78 is 5.04. The van der Waals surface area contributed by atoms with Crippen LogP contribution in [0.15, 0.2) is 47.3 Å². The molecule has 0 saturated carbocycles. The molecule has 1 amide bonds. The lowest BCUT2D eigenvalue weighted by atomic mass is 10.0. The Labute approximate surface area is 129 Å². The number of furan rings is 1. The fraction of sp³-hybridized carbons (Fsp3) is 0.294. The molecular weight excluding hydrogens is 282 g/mol. The predicted octanol–water partition coefficient (Wildman–Crippen LogP) is 3.18. The lowest BCUT2D eigenvalue weighted by molar-refractivity contribution is -0.141. The fourth-order valence-electron chi connectivity index (χ4n) is 2.25. The summed E-state index contributed by atoms with van der Waals surface area (Å²) in [5.74, 6) is -1.70. The van der Waals surface area contributed by atoms with Gasteiger partial charge in [0.25, 0.3) is 5.91 Å². The molecule has 0 radical (unpaired) electrons. The molecule has 22 heavy (non-hydrogen) atoms. The van der Waals surface area contributed by atoms with E-state index in [9.17, 15) is 9.59 Å². The van der Waals surface area contributed by atoms with Crippen LogP contribution in [0.2, 0.25) is 0 Å². The van der Waals surface area contributed by atoms with Gasteiger partial charge in [-0.25, -0.2) is 0 Å². The summed E-state index contributed by atoms with van der Waals surface area (Å²) in [7, 11) is 0. The number of aliphatic carboxylic acids is 1. The van der Waals surface area contributed by atoms with Crippen molar-refractivity contribution in [3.8, 4) is 11.1 Å². The highest BCUT2D eigenvalue weighted by atomic mass is 16.4. The van der Waals surface area contributed by atoms with Gasteiger partial charge in [-0.3, -0.25) is 9.59 Å². The van der Waals surface area contributed by atoms with Crippen molar-refractivity contribution in [1.29, 1.82) is 0 Å². The van der Waals surface area contributed by atoms with Gasteiger partial charge in [0.2, 0.25) is 0 Å². The number of hydrogen-bond acceptors (Lipinski definition) is 3. The fourth-order valence-corrected chi connectivity index (χ4v) is 2.25. The smallest absolute Gasteiger partial charge is 0.308 e. The molecule has 2 rings (SSSR count). The first-order valence-electron chi connectivity index (χ1n) is 7.25. The van der Waals surface area contributed by atoms with E-state index in [0.29, 0.717) is 12.0 Å². The molecule has 0 spiro atoms. The van der Waals surface area contributed by atoms with Crippen molar-refractivity contribution < 1.29 is 19.1 Å². The van der Waals surface area contributed by atoms with Crippen LogP contribution >= 0.6 is 0 Å². The zero-order valence-corrected chi connectivity index (χ0v) is 12.4. The molecule has 0 saturated heterocycles. The Morgan fingerprint density at radius 1 is 1.27 bits per heavy atom. The van der Waals surface area contributed by atoms with Crippen LogP contribution in [0.25, 0.3) is 11.1 Å². The predicted molar refractivity (Wildman–Crippen MR) is 82.5 cm³/mol. The average molecular weight is 301 g/mol. The summed E-state index contributed by atoms with van der Waals surface area (Å²) in [5.41, 5.74) is 2.27. The molecule has 5 nitrogen and oxygen atoms in total. The van der Waals surface area contributed by atoms with Gasteiger partial charge >= 0.3 is 5.97 Å². The topological polar surface area (TPSA) is 79.5 Å². The first-order chi connectivity index (χ1) is 10.6. The number of hydrogen-bond donors (Lipinski definition) is 2. The van der Waals surface area contributed by atoms with Crippen LogP contribution in [0.1, 0.15) is 30.1 Å². The van der Waals surface area contributed by atoms with Gasteiger partial charge in [-0.2, -0.15) is 0 Å². The van der Waals surface area contributed by atoms with Gasteiger partial charge in [-0.1, -0.05) is 25.5 Å².